The van der Waals surface area contributed by atoms with E-state index in [0.717, 1.165) is 18.7 Å². The lowest BCUT2D eigenvalue weighted by Crippen LogP contribution is -2.42. The minimum atomic E-state index is -0.586. The third-order valence-electron chi connectivity index (χ3n) is 3.63. The molecule has 8 heteroatoms. The predicted molar refractivity (Wildman–Crippen MR) is 108 cm³/mol. The van der Waals surface area contributed by atoms with Crippen LogP contribution in [0.4, 0.5) is 0 Å². The van der Waals surface area contributed by atoms with Crippen LogP contribution in [0.5, 0.6) is 0 Å². The van der Waals surface area contributed by atoms with Gasteiger partial charge in [0.25, 0.3) is 0 Å². The highest BCUT2D eigenvalue weighted by molar-refractivity contribution is 5.85. The number of benzene rings is 1. The SMILES string of the molecule is CCOCCCNC(=O)[C@@H](N)Cc1cn(Cc2ccccc2)cn1.Cl.Cl. The Balaban J connectivity index is 0.00000312. The third kappa shape index (κ3) is 8.67. The Bertz CT molecular complexity index is 623. The van der Waals surface area contributed by atoms with E-state index in [-0.39, 0.29) is 30.7 Å². The van der Waals surface area contributed by atoms with Crippen LogP contribution in [-0.2, 0) is 22.5 Å². The standard InChI is InChI=1S/C18H26N4O2.2ClH/c1-2-24-10-6-9-20-18(23)17(19)11-16-13-22(14-21-16)12-15-7-4-3-5-8-15;;/h3-5,7-8,13-14,17H,2,6,9-12,19H2,1H3,(H,20,23);2*1H/t17-;;/m0../s1. The number of hydrogen-bond acceptors (Lipinski definition) is 4. The number of aromatic nitrogens is 2. The van der Waals surface area contributed by atoms with Crippen molar-refractivity contribution in [3.8, 4) is 0 Å². The molecule has 0 unspecified atom stereocenters. The first-order valence-electron chi connectivity index (χ1n) is 8.34. The molecule has 1 amide bonds. The van der Waals surface area contributed by atoms with E-state index in [4.69, 9.17) is 10.5 Å². The first-order valence-corrected chi connectivity index (χ1v) is 8.34. The van der Waals surface area contributed by atoms with Crippen molar-refractivity contribution in [3.05, 3.63) is 54.1 Å². The molecule has 1 heterocycles. The van der Waals surface area contributed by atoms with Crippen molar-refractivity contribution < 1.29 is 9.53 Å². The van der Waals surface area contributed by atoms with E-state index in [0.29, 0.717) is 26.2 Å². The summed E-state index contributed by atoms with van der Waals surface area (Å²) in [7, 11) is 0. The van der Waals surface area contributed by atoms with Crippen LogP contribution in [0.15, 0.2) is 42.9 Å². The van der Waals surface area contributed by atoms with Crippen molar-refractivity contribution in [2.75, 3.05) is 19.8 Å². The molecule has 1 atom stereocenters. The number of ether oxygens (including phenoxy) is 1. The number of amides is 1. The van der Waals surface area contributed by atoms with Gasteiger partial charge >= 0.3 is 0 Å². The van der Waals surface area contributed by atoms with Crippen molar-refractivity contribution in [3.63, 3.8) is 0 Å². The monoisotopic (exact) mass is 402 g/mol. The van der Waals surface area contributed by atoms with Crippen LogP contribution < -0.4 is 11.1 Å². The topological polar surface area (TPSA) is 82.2 Å². The Hall–Kier alpha value is -1.60. The molecule has 146 valence electrons. The molecule has 1 aromatic carbocycles. The van der Waals surface area contributed by atoms with Crippen molar-refractivity contribution in [1.29, 1.82) is 0 Å². The van der Waals surface area contributed by atoms with Crippen LogP contribution in [0.2, 0.25) is 0 Å². The summed E-state index contributed by atoms with van der Waals surface area (Å²) >= 11 is 0. The lowest BCUT2D eigenvalue weighted by molar-refractivity contribution is -0.122. The van der Waals surface area contributed by atoms with Crippen molar-refractivity contribution in [2.45, 2.75) is 32.4 Å². The highest BCUT2D eigenvalue weighted by Gasteiger charge is 2.15. The summed E-state index contributed by atoms with van der Waals surface area (Å²) in [6.45, 7) is 4.63. The van der Waals surface area contributed by atoms with E-state index in [9.17, 15) is 4.79 Å². The van der Waals surface area contributed by atoms with E-state index in [2.05, 4.69) is 22.4 Å². The molecule has 0 aliphatic carbocycles. The number of nitrogens with one attached hydrogen (secondary N) is 1. The quantitative estimate of drug-likeness (QED) is 0.596. The van der Waals surface area contributed by atoms with E-state index >= 15 is 0 Å². The second-order valence-corrected chi connectivity index (χ2v) is 5.68. The molecule has 0 aliphatic rings. The van der Waals surface area contributed by atoms with Crippen LogP contribution in [0.1, 0.15) is 24.6 Å². The van der Waals surface area contributed by atoms with E-state index < -0.39 is 6.04 Å². The fraction of sp³-hybridized carbons (Fsp3) is 0.444. The van der Waals surface area contributed by atoms with Crippen LogP contribution in [0.3, 0.4) is 0 Å². The molecule has 0 spiro atoms. The molecule has 0 saturated carbocycles. The van der Waals surface area contributed by atoms with Crippen LogP contribution in [-0.4, -0.2) is 41.3 Å². The number of imidazole rings is 1. The smallest absolute Gasteiger partial charge is 0.237 e. The summed E-state index contributed by atoms with van der Waals surface area (Å²) in [5.41, 5.74) is 7.99. The highest BCUT2D eigenvalue weighted by atomic mass is 35.5. The summed E-state index contributed by atoms with van der Waals surface area (Å²) in [5.74, 6) is -0.149. The minimum absolute atomic E-state index is 0. The number of carbonyl (C=O) groups is 1. The minimum Gasteiger partial charge on any atom is -0.382 e. The Morgan fingerprint density at radius 1 is 1.31 bits per heavy atom. The van der Waals surface area contributed by atoms with Gasteiger partial charge in [0.15, 0.2) is 0 Å². The van der Waals surface area contributed by atoms with Gasteiger partial charge in [-0.25, -0.2) is 4.98 Å². The van der Waals surface area contributed by atoms with Crippen molar-refractivity contribution in [2.24, 2.45) is 5.73 Å². The molecule has 0 fully saturated rings. The van der Waals surface area contributed by atoms with Gasteiger partial charge in [-0.2, -0.15) is 0 Å². The normalized spacial score (nSPS) is 11.2. The molecule has 0 saturated heterocycles. The second-order valence-electron chi connectivity index (χ2n) is 5.68. The van der Waals surface area contributed by atoms with Gasteiger partial charge in [-0.05, 0) is 18.9 Å². The molecule has 0 radical (unpaired) electrons. The van der Waals surface area contributed by atoms with Crippen LogP contribution >= 0.6 is 24.8 Å². The molecule has 6 nitrogen and oxygen atoms in total. The zero-order chi connectivity index (χ0) is 17.2. The molecular formula is C18H28Cl2N4O2. The van der Waals surface area contributed by atoms with Gasteiger partial charge in [-0.3, -0.25) is 4.79 Å². The van der Waals surface area contributed by atoms with Crippen molar-refractivity contribution >= 4 is 30.7 Å². The molecule has 2 rings (SSSR count). The van der Waals surface area contributed by atoms with Crippen LogP contribution in [0, 0.1) is 0 Å². The van der Waals surface area contributed by atoms with E-state index in [1.54, 1.807) is 6.33 Å². The largest absolute Gasteiger partial charge is 0.382 e. The molecule has 0 bridgehead atoms. The Labute approximate surface area is 167 Å². The maximum atomic E-state index is 12.0. The number of carbonyl (C=O) groups excluding carboxylic acids is 1. The van der Waals surface area contributed by atoms with Gasteiger partial charge in [0, 0.05) is 38.9 Å². The lowest BCUT2D eigenvalue weighted by Gasteiger charge is -2.11. The van der Waals surface area contributed by atoms with Crippen LogP contribution in [0.25, 0.3) is 0 Å². The lowest BCUT2D eigenvalue weighted by atomic mass is 10.1. The van der Waals surface area contributed by atoms with Gasteiger partial charge in [-0.1, -0.05) is 30.3 Å². The molecule has 3 N–H and O–H groups in total. The number of nitrogens with two attached hydrogens (primary N) is 1. The zero-order valence-electron chi connectivity index (χ0n) is 15.0. The highest BCUT2D eigenvalue weighted by Crippen LogP contribution is 2.05. The fourth-order valence-electron chi connectivity index (χ4n) is 2.37. The molecule has 2 aromatic rings. The number of halogens is 2. The average Bonchev–Trinajstić information content (AvgIpc) is 3.02. The first kappa shape index (κ1) is 24.4. The van der Waals surface area contributed by atoms with Gasteiger partial charge in [-0.15, -0.1) is 24.8 Å². The number of nitrogens with zero attached hydrogens (tertiary/aromatic N) is 2. The molecule has 26 heavy (non-hydrogen) atoms. The Morgan fingerprint density at radius 3 is 2.73 bits per heavy atom. The summed E-state index contributed by atoms with van der Waals surface area (Å²) in [5, 5.41) is 2.83. The average molecular weight is 403 g/mol. The third-order valence-corrected chi connectivity index (χ3v) is 3.63. The van der Waals surface area contributed by atoms with Gasteiger partial charge in [0.2, 0.25) is 5.91 Å². The second kappa shape index (κ2) is 13.6. The summed E-state index contributed by atoms with van der Waals surface area (Å²) in [4.78, 5) is 16.3. The first-order chi connectivity index (χ1) is 11.7. The Morgan fingerprint density at radius 2 is 2.04 bits per heavy atom. The molecule has 1 aromatic heterocycles. The summed E-state index contributed by atoms with van der Waals surface area (Å²) in [6, 6.07) is 9.58. The molecular weight excluding hydrogens is 375 g/mol. The van der Waals surface area contributed by atoms with E-state index in [1.165, 1.54) is 5.56 Å². The number of hydrogen-bond donors (Lipinski definition) is 2. The zero-order valence-corrected chi connectivity index (χ0v) is 16.6. The predicted octanol–water partition coefficient (Wildman–Crippen LogP) is 2.19. The van der Waals surface area contributed by atoms with Gasteiger partial charge in [0.1, 0.15) is 0 Å². The fourth-order valence-corrected chi connectivity index (χ4v) is 2.37. The van der Waals surface area contributed by atoms with E-state index in [1.807, 2.05) is 35.9 Å². The summed E-state index contributed by atoms with van der Waals surface area (Å²) < 4.78 is 7.23. The summed E-state index contributed by atoms with van der Waals surface area (Å²) in [6.07, 6.45) is 4.93. The maximum absolute atomic E-state index is 12.0. The Kier molecular flexibility index (Phi) is 12.7. The van der Waals surface area contributed by atoms with Gasteiger partial charge < -0.3 is 20.4 Å². The van der Waals surface area contributed by atoms with Crippen molar-refractivity contribution in [1.82, 2.24) is 14.9 Å². The molecule has 0 aliphatic heterocycles. The maximum Gasteiger partial charge on any atom is 0.237 e. The van der Waals surface area contributed by atoms with Gasteiger partial charge in [0.05, 0.1) is 18.1 Å². The number of rotatable bonds is 10.